The second-order valence-electron chi connectivity index (χ2n) is 8.09. The lowest BCUT2D eigenvalue weighted by atomic mass is 9.99. The highest BCUT2D eigenvalue weighted by molar-refractivity contribution is 5.83. The van der Waals surface area contributed by atoms with Gasteiger partial charge in [-0.05, 0) is 41.7 Å². The van der Waals surface area contributed by atoms with Gasteiger partial charge in [0.15, 0.2) is 11.5 Å². The van der Waals surface area contributed by atoms with Crippen LogP contribution >= 0.6 is 0 Å². The number of ether oxygens (including phenoxy) is 3. The zero-order valence-corrected chi connectivity index (χ0v) is 18.3. The van der Waals surface area contributed by atoms with Crippen molar-refractivity contribution in [3.05, 3.63) is 59.2 Å². The number of rotatable bonds is 6. The van der Waals surface area contributed by atoms with E-state index in [2.05, 4.69) is 55.1 Å². The zero-order chi connectivity index (χ0) is 21.1. The summed E-state index contributed by atoms with van der Waals surface area (Å²) in [4.78, 5) is 7.35. The first-order valence-corrected chi connectivity index (χ1v) is 10.6. The first-order valence-electron chi connectivity index (χ1n) is 10.6. The summed E-state index contributed by atoms with van der Waals surface area (Å²) < 4.78 is 16.8. The number of para-hydroxylation sites is 1. The molecule has 4 rings (SSSR count). The summed E-state index contributed by atoms with van der Waals surface area (Å²) >= 11 is 0. The van der Waals surface area contributed by atoms with E-state index in [9.17, 15) is 0 Å². The van der Waals surface area contributed by atoms with Crippen molar-refractivity contribution in [2.45, 2.75) is 32.7 Å². The predicted molar refractivity (Wildman–Crippen MR) is 120 cm³/mol. The van der Waals surface area contributed by atoms with Crippen molar-refractivity contribution >= 4 is 10.9 Å². The molecule has 30 heavy (non-hydrogen) atoms. The third-order valence-electron chi connectivity index (χ3n) is 5.74. The molecular formula is C25H30N2O3. The van der Waals surface area contributed by atoms with Crippen LogP contribution in [0.2, 0.25) is 0 Å². The first-order chi connectivity index (χ1) is 14.6. The molecule has 0 atom stereocenters. The first kappa shape index (κ1) is 20.5. The van der Waals surface area contributed by atoms with Gasteiger partial charge in [-0.2, -0.15) is 0 Å². The molecule has 0 spiro atoms. The molecule has 1 aliphatic rings. The van der Waals surface area contributed by atoms with Crippen molar-refractivity contribution in [1.29, 1.82) is 0 Å². The third kappa shape index (κ3) is 4.21. The van der Waals surface area contributed by atoms with Crippen molar-refractivity contribution in [1.82, 2.24) is 9.88 Å². The molecule has 3 aromatic rings. The number of hydrogen-bond acceptors (Lipinski definition) is 5. The van der Waals surface area contributed by atoms with Gasteiger partial charge in [0.05, 0.1) is 19.7 Å². The molecule has 0 saturated carbocycles. The van der Waals surface area contributed by atoms with Crippen LogP contribution in [-0.2, 0) is 13.0 Å². The molecule has 0 saturated heterocycles. The number of fused-ring (bicyclic) bond motifs is 2. The Bertz CT molecular complexity index is 1030. The van der Waals surface area contributed by atoms with E-state index in [1.165, 1.54) is 16.5 Å². The third-order valence-corrected chi connectivity index (χ3v) is 5.74. The van der Waals surface area contributed by atoms with Gasteiger partial charge in [-0.25, -0.2) is 4.98 Å². The maximum absolute atomic E-state index is 6.05. The molecule has 1 aliphatic heterocycles. The quantitative estimate of drug-likeness (QED) is 0.588. The summed E-state index contributed by atoms with van der Waals surface area (Å²) in [5.74, 6) is 2.75. The Labute approximate surface area is 178 Å². The fourth-order valence-corrected chi connectivity index (χ4v) is 4.06. The van der Waals surface area contributed by atoms with Crippen molar-refractivity contribution < 1.29 is 14.2 Å². The van der Waals surface area contributed by atoms with Crippen LogP contribution in [0.4, 0.5) is 0 Å². The molecule has 0 amide bonds. The van der Waals surface area contributed by atoms with E-state index >= 15 is 0 Å². The minimum absolute atomic E-state index is 0.433. The zero-order valence-electron chi connectivity index (χ0n) is 18.3. The minimum atomic E-state index is 0.433. The fourth-order valence-electron chi connectivity index (χ4n) is 4.06. The SMILES string of the molecule is COc1ccc(CCN2CCOc3nc4c(C(C)C)cccc4cc3C2)cc1OC. The average molecular weight is 407 g/mol. The molecule has 158 valence electrons. The standard InChI is InChI=1S/C25H30N2O3/c1-17(2)21-7-5-6-19-15-20-16-27(12-13-30-25(20)26-24(19)21)11-10-18-8-9-22(28-3)23(14-18)29-4/h5-9,14-15,17H,10-13,16H2,1-4H3. The van der Waals surface area contributed by atoms with Crippen LogP contribution in [0.1, 0.15) is 36.5 Å². The molecule has 0 bridgehead atoms. The van der Waals surface area contributed by atoms with Gasteiger partial charge in [0.1, 0.15) is 6.61 Å². The molecular weight excluding hydrogens is 376 g/mol. The lowest BCUT2D eigenvalue weighted by Crippen LogP contribution is -2.28. The van der Waals surface area contributed by atoms with Crippen LogP contribution in [0.5, 0.6) is 17.4 Å². The molecule has 0 fully saturated rings. The number of benzene rings is 2. The second kappa shape index (κ2) is 8.92. The monoisotopic (exact) mass is 406 g/mol. The number of nitrogens with zero attached hydrogens (tertiary/aromatic N) is 2. The summed E-state index contributed by atoms with van der Waals surface area (Å²) in [5.41, 5.74) is 4.72. The highest BCUT2D eigenvalue weighted by Crippen LogP contribution is 2.31. The van der Waals surface area contributed by atoms with Gasteiger partial charge < -0.3 is 14.2 Å². The Morgan fingerprint density at radius 3 is 2.67 bits per heavy atom. The molecule has 0 unspecified atom stereocenters. The smallest absolute Gasteiger partial charge is 0.218 e. The normalized spacial score (nSPS) is 14.3. The van der Waals surface area contributed by atoms with Gasteiger partial charge in [0.25, 0.3) is 0 Å². The minimum Gasteiger partial charge on any atom is -0.493 e. The second-order valence-corrected chi connectivity index (χ2v) is 8.09. The number of hydrogen-bond donors (Lipinski definition) is 0. The summed E-state index contributed by atoms with van der Waals surface area (Å²) in [5, 5.41) is 1.19. The van der Waals surface area contributed by atoms with Crippen LogP contribution in [0.15, 0.2) is 42.5 Å². The molecule has 0 aliphatic carbocycles. The van der Waals surface area contributed by atoms with Gasteiger partial charge in [-0.1, -0.05) is 38.1 Å². The van der Waals surface area contributed by atoms with Gasteiger partial charge in [-0.15, -0.1) is 0 Å². The number of methoxy groups -OCH3 is 2. The van der Waals surface area contributed by atoms with E-state index in [0.29, 0.717) is 12.5 Å². The lowest BCUT2D eigenvalue weighted by molar-refractivity contribution is 0.225. The molecule has 0 radical (unpaired) electrons. The maximum atomic E-state index is 6.05. The van der Waals surface area contributed by atoms with Crippen molar-refractivity contribution in [2.75, 3.05) is 33.9 Å². The topological polar surface area (TPSA) is 43.8 Å². The number of pyridine rings is 1. The summed E-state index contributed by atoms with van der Waals surface area (Å²) in [6, 6.07) is 14.8. The lowest BCUT2D eigenvalue weighted by Gasteiger charge is -2.19. The van der Waals surface area contributed by atoms with E-state index < -0.39 is 0 Å². The average Bonchev–Trinajstić information content (AvgIpc) is 2.96. The van der Waals surface area contributed by atoms with Gasteiger partial charge in [0, 0.05) is 30.6 Å². The van der Waals surface area contributed by atoms with Crippen LogP contribution in [-0.4, -0.2) is 43.8 Å². The van der Waals surface area contributed by atoms with Crippen LogP contribution in [0, 0.1) is 0 Å². The Morgan fingerprint density at radius 1 is 1.07 bits per heavy atom. The van der Waals surface area contributed by atoms with Gasteiger partial charge >= 0.3 is 0 Å². The Hall–Kier alpha value is -2.79. The Morgan fingerprint density at radius 2 is 1.90 bits per heavy atom. The van der Waals surface area contributed by atoms with Gasteiger partial charge in [0.2, 0.25) is 5.88 Å². The predicted octanol–water partition coefficient (Wildman–Crippen LogP) is 4.81. The van der Waals surface area contributed by atoms with E-state index in [4.69, 9.17) is 19.2 Å². The molecule has 2 aromatic carbocycles. The van der Waals surface area contributed by atoms with Crippen molar-refractivity contribution in [2.24, 2.45) is 0 Å². The van der Waals surface area contributed by atoms with Crippen molar-refractivity contribution in [3.8, 4) is 17.4 Å². The van der Waals surface area contributed by atoms with Crippen LogP contribution in [0.25, 0.3) is 10.9 Å². The molecule has 1 aromatic heterocycles. The van der Waals surface area contributed by atoms with E-state index in [-0.39, 0.29) is 0 Å². The highest BCUT2D eigenvalue weighted by Gasteiger charge is 2.19. The van der Waals surface area contributed by atoms with Crippen molar-refractivity contribution in [3.63, 3.8) is 0 Å². The molecule has 5 heteroatoms. The largest absolute Gasteiger partial charge is 0.493 e. The van der Waals surface area contributed by atoms with Crippen LogP contribution in [0.3, 0.4) is 0 Å². The molecule has 0 N–H and O–H groups in total. The highest BCUT2D eigenvalue weighted by atomic mass is 16.5. The fraction of sp³-hybridized carbons (Fsp3) is 0.400. The molecule has 2 heterocycles. The van der Waals surface area contributed by atoms with Gasteiger partial charge in [-0.3, -0.25) is 4.90 Å². The van der Waals surface area contributed by atoms with E-state index in [1.54, 1.807) is 14.2 Å². The Balaban J connectivity index is 1.52. The maximum Gasteiger partial charge on any atom is 0.218 e. The van der Waals surface area contributed by atoms with E-state index in [0.717, 1.165) is 54.5 Å². The number of aromatic nitrogens is 1. The summed E-state index contributed by atoms with van der Waals surface area (Å²) in [7, 11) is 3.33. The van der Waals surface area contributed by atoms with E-state index in [1.807, 2.05) is 6.07 Å². The summed E-state index contributed by atoms with van der Waals surface area (Å²) in [6.45, 7) is 7.75. The molecule has 5 nitrogen and oxygen atoms in total. The van der Waals surface area contributed by atoms with Crippen LogP contribution < -0.4 is 14.2 Å². The Kier molecular flexibility index (Phi) is 6.09. The summed E-state index contributed by atoms with van der Waals surface area (Å²) in [6.07, 6.45) is 0.939.